The highest BCUT2D eigenvalue weighted by Gasteiger charge is 2.26. The van der Waals surface area contributed by atoms with Gasteiger partial charge >= 0.3 is 0 Å². The molecule has 0 aliphatic carbocycles. The van der Waals surface area contributed by atoms with Crippen molar-refractivity contribution in [1.29, 1.82) is 0 Å². The molecule has 144 valence electrons. The number of aromatic amines is 1. The lowest BCUT2D eigenvalue weighted by Gasteiger charge is -2.35. The first kappa shape index (κ1) is 18.3. The molecule has 28 heavy (non-hydrogen) atoms. The van der Waals surface area contributed by atoms with Crippen LogP contribution in [-0.4, -0.2) is 52.8 Å². The van der Waals surface area contributed by atoms with Gasteiger partial charge < -0.3 is 20.5 Å². The van der Waals surface area contributed by atoms with Crippen molar-refractivity contribution in [3.8, 4) is 0 Å². The summed E-state index contributed by atoms with van der Waals surface area (Å²) < 4.78 is 0. The highest BCUT2D eigenvalue weighted by atomic mass is 16.2. The molecule has 1 aliphatic heterocycles. The molecule has 3 N–H and O–H groups in total. The van der Waals surface area contributed by atoms with E-state index in [0.717, 1.165) is 16.5 Å². The Hall–Kier alpha value is -3.12. The molecule has 2 amide bonds. The van der Waals surface area contributed by atoms with Crippen LogP contribution in [0.2, 0.25) is 0 Å². The molecule has 1 aromatic heterocycles. The summed E-state index contributed by atoms with van der Waals surface area (Å²) in [7, 11) is 0. The molecule has 1 aliphatic rings. The standard InChI is InChI=1S/C22H24N4O2/c23-18(16-6-2-1-3-7-16)15-21(27)25-10-12-26(13-11-25)22(28)20-14-17-8-4-5-9-19(17)24-20/h1-9,14,18,24H,10-13,15,23H2. The smallest absolute Gasteiger partial charge is 0.270 e. The summed E-state index contributed by atoms with van der Waals surface area (Å²) in [6.07, 6.45) is 0.278. The normalized spacial score (nSPS) is 15.6. The first-order valence-electron chi connectivity index (χ1n) is 9.57. The van der Waals surface area contributed by atoms with Gasteiger partial charge in [-0.1, -0.05) is 48.5 Å². The summed E-state index contributed by atoms with van der Waals surface area (Å²) >= 11 is 0. The van der Waals surface area contributed by atoms with Crippen LogP contribution in [0.4, 0.5) is 0 Å². The summed E-state index contributed by atoms with van der Waals surface area (Å²) in [4.78, 5) is 32.1. The Morgan fingerprint density at radius 3 is 2.29 bits per heavy atom. The van der Waals surface area contributed by atoms with E-state index in [4.69, 9.17) is 5.73 Å². The van der Waals surface area contributed by atoms with Crippen LogP contribution in [0.15, 0.2) is 60.7 Å². The van der Waals surface area contributed by atoms with E-state index in [2.05, 4.69) is 4.98 Å². The number of carbonyl (C=O) groups excluding carboxylic acids is 2. The summed E-state index contributed by atoms with van der Waals surface area (Å²) in [5.74, 6) is 0.0124. The van der Waals surface area contributed by atoms with Crippen molar-refractivity contribution in [2.45, 2.75) is 12.5 Å². The van der Waals surface area contributed by atoms with Gasteiger partial charge in [0.25, 0.3) is 5.91 Å². The SMILES string of the molecule is NC(CC(=O)N1CCN(C(=O)c2cc3ccccc3[nH]2)CC1)c1ccccc1. The van der Waals surface area contributed by atoms with Crippen molar-refractivity contribution in [3.63, 3.8) is 0 Å². The van der Waals surface area contributed by atoms with Crippen LogP contribution in [0.3, 0.4) is 0 Å². The van der Waals surface area contributed by atoms with E-state index >= 15 is 0 Å². The van der Waals surface area contributed by atoms with E-state index in [1.165, 1.54) is 0 Å². The van der Waals surface area contributed by atoms with Crippen LogP contribution in [-0.2, 0) is 4.79 Å². The van der Waals surface area contributed by atoms with Crippen LogP contribution >= 0.6 is 0 Å². The average molecular weight is 376 g/mol. The predicted octanol–water partition coefficient (Wildman–Crippen LogP) is 2.54. The molecule has 0 bridgehead atoms. The molecule has 2 aromatic carbocycles. The molecule has 0 saturated carbocycles. The second kappa shape index (κ2) is 7.86. The molecular formula is C22H24N4O2. The zero-order valence-corrected chi connectivity index (χ0v) is 15.7. The van der Waals surface area contributed by atoms with E-state index in [9.17, 15) is 9.59 Å². The van der Waals surface area contributed by atoms with Crippen LogP contribution in [0.25, 0.3) is 10.9 Å². The lowest BCUT2D eigenvalue weighted by atomic mass is 10.0. The Labute approximate surface area is 163 Å². The third-order valence-electron chi connectivity index (χ3n) is 5.30. The number of aromatic nitrogens is 1. The van der Waals surface area contributed by atoms with Crippen LogP contribution in [0.1, 0.15) is 28.5 Å². The number of hydrogen-bond acceptors (Lipinski definition) is 3. The van der Waals surface area contributed by atoms with E-state index in [1.807, 2.05) is 60.7 Å². The second-order valence-corrected chi connectivity index (χ2v) is 7.16. The maximum atomic E-state index is 12.8. The number of amides is 2. The molecular weight excluding hydrogens is 352 g/mol. The van der Waals surface area contributed by atoms with Crippen LogP contribution in [0, 0.1) is 0 Å². The molecule has 0 radical (unpaired) electrons. The fraction of sp³-hybridized carbons (Fsp3) is 0.273. The zero-order chi connectivity index (χ0) is 19.5. The van der Waals surface area contributed by atoms with E-state index in [0.29, 0.717) is 31.9 Å². The van der Waals surface area contributed by atoms with Gasteiger partial charge in [-0.3, -0.25) is 9.59 Å². The molecule has 1 saturated heterocycles. The maximum Gasteiger partial charge on any atom is 0.270 e. The molecule has 1 fully saturated rings. The molecule has 1 atom stereocenters. The number of rotatable bonds is 4. The minimum atomic E-state index is -0.306. The fourth-order valence-electron chi connectivity index (χ4n) is 3.65. The number of nitrogens with zero attached hydrogens (tertiary/aromatic N) is 2. The second-order valence-electron chi connectivity index (χ2n) is 7.16. The van der Waals surface area contributed by atoms with Crippen molar-refractivity contribution in [2.75, 3.05) is 26.2 Å². The largest absolute Gasteiger partial charge is 0.351 e. The molecule has 6 heteroatoms. The fourth-order valence-corrected chi connectivity index (χ4v) is 3.65. The number of piperazine rings is 1. The molecule has 3 aromatic rings. The van der Waals surface area contributed by atoms with Gasteiger partial charge in [-0.05, 0) is 17.7 Å². The average Bonchev–Trinajstić information content (AvgIpc) is 3.18. The van der Waals surface area contributed by atoms with Gasteiger partial charge in [0.2, 0.25) is 5.91 Å². The van der Waals surface area contributed by atoms with E-state index < -0.39 is 0 Å². The number of nitrogens with one attached hydrogen (secondary N) is 1. The Balaban J connectivity index is 1.33. The summed E-state index contributed by atoms with van der Waals surface area (Å²) in [5.41, 5.74) is 8.68. The van der Waals surface area contributed by atoms with Crippen molar-refractivity contribution in [1.82, 2.24) is 14.8 Å². The summed E-state index contributed by atoms with van der Waals surface area (Å²) in [5, 5.41) is 1.02. The Morgan fingerprint density at radius 1 is 0.929 bits per heavy atom. The Kier molecular flexibility index (Phi) is 5.12. The first-order chi connectivity index (χ1) is 13.6. The van der Waals surface area contributed by atoms with Gasteiger partial charge in [-0.15, -0.1) is 0 Å². The van der Waals surface area contributed by atoms with Gasteiger partial charge in [0.15, 0.2) is 0 Å². The number of fused-ring (bicyclic) bond motifs is 1. The number of H-pyrrole nitrogens is 1. The van der Waals surface area contributed by atoms with E-state index in [-0.39, 0.29) is 24.3 Å². The summed E-state index contributed by atoms with van der Waals surface area (Å²) in [6, 6.07) is 19.1. The third-order valence-corrected chi connectivity index (χ3v) is 5.30. The third kappa shape index (κ3) is 3.77. The summed E-state index contributed by atoms with van der Waals surface area (Å²) in [6.45, 7) is 2.12. The predicted molar refractivity (Wildman–Crippen MR) is 109 cm³/mol. The minimum Gasteiger partial charge on any atom is -0.351 e. The highest BCUT2D eigenvalue weighted by Crippen LogP contribution is 2.18. The Morgan fingerprint density at radius 2 is 1.57 bits per heavy atom. The lowest BCUT2D eigenvalue weighted by molar-refractivity contribution is -0.133. The lowest BCUT2D eigenvalue weighted by Crippen LogP contribution is -2.51. The van der Waals surface area contributed by atoms with Gasteiger partial charge in [-0.25, -0.2) is 0 Å². The first-order valence-corrected chi connectivity index (χ1v) is 9.57. The van der Waals surface area contributed by atoms with Gasteiger partial charge in [-0.2, -0.15) is 0 Å². The van der Waals surface area contributed by atoms with Gasteiger partial charge in [0.05, 0.1) is 0 Å². The van der Waals surface area contributed by atoms with Crippen molar-refractivity contribution < 1.29 is 9.59 Å². The number of hydrogen-bond donors (Lipinski definition) is 2. The van der Waals surface area contributed by atoms with E-state index in [1.54, 1.807) is 9.80 Å². The monoisotopic (exact) mass is 376 g/mol. The molecule has 4 rings (SSSR count). The molecule has 1 unspecified atom stereocenters. The number of nitrogens with two attached hydrogens (primary N) is 1. The number of carbonyl (C=O) groups is 2. The molecule has 2 heterocycles. The van der Waals surface area contributed by atoms with Crippen molar-refractivity contribution in [3.05, 3.63) is 71.9 Å². The number of para-hydroxylation sites is 1. The quantitative estimate of drug-likeness (QED) is 0.734. The number of benzene rings is 2. The maximum absolute atomic E-state index is 12.8. The molecule has 0 spiro atoms. The van der Waals surface area contributed by atoms with Crippen LogP contribution < -0.4 is 5.73 Å². The zero-order valence-electron chi connectivity index (χ0n) is 15.7. The Bertz CT molecular complexity index is 941. The molecule has 6 nitrogen and oxygen atoms in total. The van der Waals surface area contributed by atoms with Crippen molar-refractivity contribution in [2.24, 2.45) is 5.73 Å². The van der Waals surface area contributed by atoms with Gasteiger partial charge in [0, 0.05) is 49.5 Å². The minimum absolute atomic E-state index is 0.0238. The topological polar surface area (TPSA) is 82.4 Å². The van der Waals surface area contributed by atoms with Gasteiger partial charge in [0.1, 0.15) is 5.69 Å². The highest BCUT2D eigenvalue weighted by molar-refractivity contribution is 5.98. The van der Waals surface area contributed by atoms with Crippen molar-refractivity contribution >= 4 is 22.7 Å². The van der Waals surface area contributed by atoms with Crippen LogP contribution in [0.5, 0.6) is 0 Å².